The molecule has 4 heterocycles. The lowest BCUT2D eigenvalue weighted by molar-refractivity contribution is -0.141. The topological polar surface area (TPSA) is 101 Å². The predicted octanol–water partition coefficient (Wildman–Crippen LogP) is 3.84. The molecule has 1 aromatic carbocycles. The van der Waals surface area contributed by atoms with Gasteiger partial charge in [0.05, 0.1) is 18.6 Å². The zero-order valence-electron chi connectivity index (χ0n) is 21.8. The summed E-state index contributed by atoms with van der Waals surface area (Å²) >= 11 is 7.85. The Bertz CT molecular complexity index is 1450. The van der Waals surface area contributed by atoms with Crippen molar-refractivity contribution >= 4 is 46.2 Å². The highest BCUT2D eigenvalue weighted by Crippen LogP contribution is 2.39. The third-order valence-electron chi connectivity index (χ3n) is 7.11. The molecule has 9 nitrogen and oxygen atoms in total. The van der Waals surface area contributed by atoms with Crippen molar-refractivity contribution < 1.29 is 14.4 Å². The molecule has 3 aromatic rings. The molecule has 2 aromatic heterocycles. The molecule has 0 N–H and O–H groups in total. The number of aromatic nitrogens is 3. The molecule has 11 heteroatoms. The molecule has 1 saturated heterocycles. The Balaban J connectivity index is 1.47. The van der Waals surface area contributed by atoms with Crippen molar-refractivity contribution in [1.82, 2.24) is 24.6 Å². The first kappa shape index (κ1) is 26.2. The first-order chi connectivity index (χ1) is 18.1. The van der Waals surface area contributed by atoms with Crippen molar-refractivity contribution in [2.24, 2.45) is 4.99 Å². The zero-order chi connectivity index (χ0) is 27.1. The molecule has 198 valence electrons. The quantitative estimate of drug-likeness (QED) is 0.448. The standard InChI is InChI=1S/C27H29ClN6O3S/c1-15(35)13-22(36)32-9-11-33(12-10-32)23(37)14-21-26-31-30-18(4)34(26)27-24(16(2)17(3)38-27)25(29-21)19-5-7-20(28)8-6-19/h5-8,21H,9-14H2,1-4H3/t21-/m0/s1. The van der Waals surface area contributed by atoms with Gasteiger partial charge < -0.3 is 9.80 Å². The van der Waals surface area contributed by atoms with Gasteiger partial charge in [-0.3, -0.25) is 23.9 Å². The van der Waals surface area contributed by atoms with Crippen LogP contribution < -0.4 is 0 Å². The number of hydrogen-bond donors (Lipinski definition) is 0. The number of carbonyl (C=O) groups excluding carboxylic acids is 3. The average Bonchev–Trinajstić information content (AvgIpc) is 3.36. The largest absolute Gasteiger partial charge is 0.339 e. The highest BCUT2D eigenvalue weighted by molar-refractivity contribution is 7.15. The van der Waals surface area contributed by atoms with Gasteiger partial charge in [-0.2, -0.15) is 0 Å². The molecule has 1 atom stereocenters. The van der Waals surface area contributed by atoms with Crippen molar-refractivity contribution in [1.29, 1.82) is 0 Å². The molecule has 0 bridgehead atoms. The number of piperazine rings is 1. The van der Waals surface area contributed by atoms with Crippen LogP contribution in [0.2, 0.25) is 5.02 Å². The van der Waals surface area contributed by atoms with Crippen LogP contribution >= 0.6 is 22.9 Å². The van der Waals surface area contributed by atoms with Gasteiger partial charge in [-0.25, -0.2) is 0 Å². The summed E-state index contributed by atoms with van der Waals surface area (Å²) < 4.78 is 2.03. The smallest absolute Gasteiger partial charge is 0.230 e. The fourth-order valence-electron chi connectivity index (χ4n) is 4.96. The number of Topliss-reactive ketones (excluding diaryl/α,β-unsaturated/α-hetero) is 1. The molecule has 1 fully saturated rings. The monoisotopic (exact) mass is 552 g/mol. The van der Waals surface area contributed by atoms with Crippen LogP contribution in [-0.2, 0) is 14.4 Å². The molecule has 5 rings (SSSR count). The van der Waals surface area contributed by atoms with Crippen LogP contribution in [0.1, 0.15) is 59.0 Å². The molecule has 2 aliphatic heterocycles. The van der Waals surface area contributed by atoms with Crippen LogP contribution in [0, 0.1) is 20.8 Å². The molecule has 38 heavy (non-hydrogen) atoms. The van der Waals surface area contributed by atoms with Gasteiger partial charge in [-0.05, 0) is 45.4 Å². The second-order valence-corrected chi connectivity index (χ2v) is 11.4. The van der Waals surface area contributed by atoms with Gasteiger partial charge in [-0.15, -0.1) is 21.5 Å². The number of halogens is 1. The molecule has 0 aliphatic carbocycles. The number of aliphatic imine (C=N–C) groups is 1. The number of benzene rings is 1. The lowest BCUT2D eigenvalue weighted by Crippen LogP contribution is -2.51. The molecule has 0 saturated carbocycles. The van der Waals surface area contributed by atoms with E-state index in [1.807, 2.05) is 35.8 Å². The van der Waals surface area contributed by atoms with Crippen molar-refractivity contribution in [2.45, 2.75) is 46.6 Å². The first-order valence-corrected chi connectivity index (χ1v) is 13.7. The van der Waals surface area contributed by atoms with Crippen LogP contribution in [-0.4, -0.2) is 74.1 Å². The maximum absolute atomic E-state index is 13.5. The number of aryl methyl sites for hydroxylation is 2. The molecule has 0 radical (unpaired) electrons. The third kappa shape index (κ3) is 4.90. The van der Waals surface area contributed by atoms with E-state index in [9.17, 15) is 14.4 Å². The van der Waals surface area contributed by atoms with Crippen molar-refractivity contribution in [3.05, 3.63) is 62.5 Å². The highest BCUT2D eigenvalue weighted by atomic mass is 35.5. The minimum absolute atomic E-state index is 0.0572. The Kier molecular flexibility index (Phi) is 7.19. The van der Waals surface area contributed by atoms with E-state index in [0.717, 1.165) is 33.2 Å². The van der Waals surface area contributed by atoms with E-state index in [2.05, 4.69) is 24.0 Å². The maximum Gasteiger partial charge on any atom is 0.230 e. The van der Waals surface area contributed by atoms with E-state index < -0.39 is 6.04 Å². The zero-order valence-corrected chi connectivity index (χ0v) is 23.4. The molecule has 0 unspecified atom stereocenters. The van der Waals surface area contributed by atoms with Crippen LogP contribution in [0.4, 0.5) is 0 Å². The summed E-state index contributed by atoms with van der Waals surface area (Å²) in [6.07, 6.45) is 0.0276. The van der Waals surface area contributed by atoms with E-state index in [1.165, 1.54) is 11.8 Å². The number of fused-ring (bicyclic) bond motifs is 3. The van der Waals surface area contributed by atoms with Gasteiger partial charge in [0, 0.05) is 47.2 Å². The van der Waals surface area contributed by atoms with Gasteiger partial charge in [0.1, 0.15) is 22.7 Å². The number of amides is 2. The Morgan fingerprint density at radius 2 is 1.61 bits per heavy atom. The fourth-order valence-corrected chi connectivity index (χ4v) is 6.30. The summed E-state index contributed by atoms with van der Waals surface area (Å²) in [6, 6.07) is 7.05. The summed E-state index contributed by atoms with van der Waals surface area (Å²) in [7, 11) is 0. The van der Waals surface area contributed by atoms with Crippen LogP contribution in [0.15, 0.2) is 29.3 Å². The summed E-state index contributed by atoms with van der Waals surface area (Å²) in [5.74, 6) is 0.974. The van der Waals surface area contributed by atoms with E-state index in [4.69, 9.17) is 16.6 Å². The van der Waals surface area contributed by atoms with Gasteiger partial charge in [0.25, 0.3) is 0 Å². The Hall–Kier alpha value is -3.37. The van der Waals surface area contributed by atoms with Crippen molar-refractivity contribution in [3.63, 3.8) is 0 Å². The number of carbonyl (C=O) groups is 3. The van der Waals surface area contributed by atoms with Crippen molar-refractivity contribution in [2.75, 3.05) is 26.2 Å². The normalized spacial score (nSPS) is 17.0. The van der Waals surface area contributed by atoms with E-state index in [-0.39, 0.29) is 30.4 Å². The second-order valence-electron chi connectivity index (χ2n) is 9.75. The van der Waals surface area contributed by atoms with E-state index in [1.54, 1.807) is 21.1 Å². The number of nitrogens with zero attached hydrogens (tertiary/aromatic N) is 6. The first-order valence-electron chi connectivity index (χ1n) is 12.6. The van der Waals surface area contributed by atoms with Crippen LogP contribution in [0.3, 0.4) is 0 Å². The molecule has 2 aliphatic rings. The Labute approximate surface area is 230 Å². The summed E-state index contributed by atoms with van der Waals surface area (Å²) in [4.78, 5) is 46.8. The molecule has 2 amide bonds. The highest BCUT2D eigenvalue weighted by Gasteiger charge is 2.34. The lowest BCUT2D eigenvalue weighted by Gasteiger charge is -2.35. The average molecular weight is 553 g/mol. The van der Waals surface area contributed by atoms with Gasteiger partial charge >= 0.3 is 0 Å². The van der Waals surface area contributed by atoms with Gasteiger partial charge in [0.15, 0.2) is 5.82 Å². The third-order valence-corrected chi connectivity index (χ3v) is 8.55. The molecule has 0 spiro atoms. The number of ketones is 1. The summed E-state index contributed by atoms with van der Waals surface area (Å²) in [5, 5.41) is 10.5. The number of thiophene rings is 1. The summed E-state index contributed by atoms with van der Waals surface area (Å²) in [6.45, 7) is 9.16. The summed E-state index contributed by atoms with van der Waals surface area (Å²) in [5.41, 5.74) is 3.88. The lowest BCUT2D eigenvalue weighted by atomic mass is 9.99. The number of rotatable bonds is 5. The fraction of sp³-hybridized carbons (Fsp3) is 0.407. The Morgan fingerprint density at radius 1 is 0.974 bits per heavy atom. The predicted molar refractivity (Wildman–Crippen MR) is 146 cm³/mol. The van der Waals surface area contributed by atoms with Gasteiger partial charge in [0.2, 0.25) is 11.8 Å². The Morgan fingerprint density at radius 3 is 2.24 bits per heavy atom. The second kappa shape index (κ2) is 10.4. The number of hydrogen-bond acceptors (Lipinski definition) is 7. The van der Waals surface area contributed by atoms with Crippen molar-refractivity contribution in [3.8, 4) is 5.00 Å². The minimum Gasteiger partial charge on any atom is -0.339 e. The van der Waals surface area contributed by atoms with E-state index >= 15 is 0 Å². The molecular formula is C27H29ClN6O3S. The van der Waals surface area contributed by atoms with Crippen LogP contribution in [0.5, 0.6) is 0 Å². The minimum atomic E-state index is -0.536. The SMILES string of the molecule is CC(=O)CC(=O)N1CCN(C(=O)C[C@@H]2N=C(c3ccc(Cl)cc3)c3c(sc(C)c3C)-n3c(C)nnc32)CC1. The molecular weight excluding hydrogens is 524 g/mol. The maximum atomic E-state index is 13.5. The van der Waals surface area contributed by atoms with E-state index in [0.29, 0.717) is 37.0 Å². The van der Waals surface area contributed by atoms with Gasteiger partial charge in [-0.1, -0.05) is 23.7 Å². The van der Waals surface area contributed by atoms with Crippen LogP contribution in [0.25, 0.3) is 5.00 Å².